The molecule has 1 unspecified atom stereocenters. The Kier molecular flexibility index (Phi) is 6.25. The van der Waals surface area contributed by atoms with Crippen LogP contribution in [0.3, 0.4) is 0 Å². The summed E-state index contributed by atoms with van der Waals surface area (Å²) >= 11 is 0. The van der Waals surface area contributed by atoms with Crippen LogP contribution in [0.5, 0.6) is 0 Å². The molecule has 0 saturated carbocycles. The van der Waals surface area contributed by atoms with Crippen molar-refractivity contribution in [3.63, 3.8) is 0 Å². The van der Waals surface area contributed by atoms with Gasteiger partial charge in [-0.3, -0.25) is 0 Å². The molecule has 17 heavy (non-hydrogen) atoms. The summed E-state index contributed by atoms with van der Waals surface area (Å²) in [5.41, 5.74) is 1.56. The largest absolute Gasteiger partial charge is 0.0649 e. The third-order valence-corrected chi connectivity index (χ3v) is 4.69. The van der Waals surface area contributed by atoms with Crippen LogP contribution in [0.2, 0.25) is 0 Å². The second-order valence-corrected chi connectivity index (χ2v) is 8.24. The van der Waals surface area contributed by atoms with E-state index in [4.69, 9.17) is 0 Å². The molecule has 0 rings (SSSR count). The van der Waals surface area contributed by atoms with Gasteiger partial charge in [-0.25, -0.2) is 0 Å². The smallest absolute Gasteiger partial charge is 0.0328 e. The average Bonchev–Trinajstić information content (AvgIpc) is 2.23. The van der Waals surface area contributed by atoms with Crippen LogP contribution in [-0.4, -0.2) is 0 Å². The van der Waals surface area contributed by atoms with Crippen molar-refractivity contribution < 1.29 is 0 Å². The minimum Gasteiger partial charge on any atom is -0.0649 e. The summed E-state index contributed by atoms with van der Waals surface area (Å²) in [5.74, 6) is 0. The third-order valence-electron chi connectivity index (χ3n) is 4.69. The first-order valence-corrected chi connectivity index (χ1v) is 7.54. The lowest BCUT2D eigenvalue weighted by Crippen LogP contribution is -2.22. The molecule has 0 amide bonds. The van der Waals surface area contributed by atoms with E-state index in [9.17, 15) is 0 Å². The molecule has 0 bridgehead atoms. The highest BCUT2D eigenvalue weighted by atomic mass is 14.3. The van der Waals surface area contributed by atoms with E-state index in [-0.39, 0.29) is 0 Å². The minimum atomic E-state index is 0.483. The maximum absolute atomic E-state index is 2.49. The summed E-state index contributed by atoms with van der Waals surface area (Å²) in [6.07, 6.45) is 8.12. The fourth-order valence-corrected chi connectivity index (χ4v) is 1.97. The van der Waals surface area contributed by atoms with Crippen LogP contribution in [0, 0.1) is 16.2 Å². The zero-order chi connectivity index (χ0) is 13.7. The lowest BCUT2D eigenvalue weighted by Gasteiger charge is -2.35. The van der Waals surface area contributed by atoms with E-state index in [1.165, 1.54) is 38.5 Å². The molecular formula is C17H36. The van der Waals surface area contributed by atoms with E-state index in [1.807, 2.05) is 0 Å². The average molecular weight is 240 g/mol. The summed E-state index contributed by atoms with van der Waals surface area (Å²) < 4.78 is 0. The monoisotopic (exact) mass is 240 g/mol. The first-order chi connectivity index (χ1) is 7.54. The zero-order valence-electron chi connectivity index (χ0n) is 13.7. The van der Waals surface area contributed by atoms with Crippen LogP contribution < -0.4 is 0 Å². The Morgan fingerprint density at radius 3 is 1.41 bits per heavy atom. The molecule has 0 fully saturated rings. The Balaban J connectivity index is 4.28. The standard InChI is InChI=1S/C17H36/c1-9-16(6,7)12-14-17(8,10-2)13-11-15(3,4)5/h9-14H2,1-8H3. The number of hydrogen-bond donors (Lipinski definition) is 0. The van der Waals surface area contributed by atoms with Crippen molar-refractivity contribution in [2.75, 3.05) is 0 Å². The molecule has 0 nitrogen and oxygen atoms in total. The third kappa shape index (κ3) is 7.84. The van der Waals surface area contributed by atoms with Crippen LogP contribution in [-0.2, 0) is 0 Å². The molecule has 0 saturated heterocycles. The molecule has 104 valence electrons. The molecule has 0 heteroatoms. The molecule has 0 aliphatic heterocycles. The van der Waals surface area contributed by atoms with E-state index in [0.29, 0.717) is 16.2 Å². The summed E-state index contributed by atoms with van der Waals surface area (Å²) in [5, 5.41) is 0. The van der Waals surface area contributed by atoms with Crippen molar-refractivity contribution in [2.24, 2.45) is 16.2 Å². The van der Waals surface area contributed by atoms with Gasteiger partial charge in [0.15, 0.2) is 0 Å². The molecule has 0 spiro atoms. The van der Waals surface area contributed by atoms with Gasteiger partial charge in [0, 0.05) is 0 Å². The zero-order valence-corrected chi connectivity index (χ0v) is 13.7. The van der Waals surface area contributed by atoms with Gasteiger partial charge >= 0.3 is 0 Å². The Labute approximate surface area is 111 Å². The lowest BCUT2D eigenvalue weighted by molar-refractivity contribution is 0.172. The molecule has 0 N–H and O–H groups in total. The van der Waals surface area contributed by atoms with Crippen LogP contribution >= 0.6 is 0 Å². The number of rotatable bonds is 7. The van der Waals surface area contributed by atoms with E-state index in [0.717, 1.165) is 0 Å². The van der Waals surface area contributed by atoms with Crippen molar-refractivity contribution in [1.29, 1.82) is 0 Å². The Bertz CT molecular complexity index is 207. The first kappa shape index (κ1) is 17.0. The highest BCUT2D eigenvalue weighted by Crippen LogP contribution is 2.40. The highest BCUT2D eigenvalue weighted by Gasteiger charge is 2.27. The van der Waals surface area contributed by atoms with Crippen molar-refractivity contribution in [2.45, 2.75) is 93.9 Å². The van der Waals surface area contributed by atoms with E-state index in [1.54, 1.807) is 0 Å². The van der Waals surface area contributed by atoms with Gasteiger partial charge in [-0.05, 0) is 41.9 Å². The number of hydrogen-bond acceptors (Lipinski definition) is 0. The SMILES string of the molecule is CCC(C)(C)CCC(C)(CC)CCC(C)(C)C. The van der Waals surface area contributed by atoms with Crippen molar-refractivity contribution in [3.05, 3.63) is 0 Å². The highest BCUT2D eigenvalue weighted by molar-refractivity contribution is 4.79. The van der Waals surface area contributed by atoms with E-state index >= 15 is 0 Å². The molecule has 0 aromatic heterocycles. The summed E-state index contributed by atoms with van der Waals surface area (Å²) in [6.45, 7) is 19.1. The minimum absolute atomic E-state index is 0.483. The molecule has 0 aliphatic rings. The van der Waals surface area contributed by atoms with Crippen LogP contribution in [0.25, 0.3) is 0 Å². The Hall–Kier alpha value is 0. The quantitative estimate of drug-likeness (QED) is 0.480. The van der Waals surface area contributed by atoms with Gasteiger partial charge in [-0.1, -0.05) is 68.2 Å². The second-order valence-electron chi connectivity index (χ2n) is 8.24. The summed E-state index contributed by atoms with van der Waals surface area (Å²) in [6, 6.07) is 0. The maximum atomic E-state index is 2.49. The van der Waals surface area contributed by atoms with Crippen molar-refractivity contribution >= 4 is 0 Å². The Morgan fingerprint density at radius 2 is 1.06 bits per heavy atom. The van der Waals surface area contributed by atoms with Crippen molar-refractivity contribution in [1.82, 2.24) is 0 Å². The molecule has 0 aliphatic carbocycles. The molecule has 1 atom stereocenters. The van der Waals surface area contributed by atoms with Gasteiger partial charge < -0.3 is 0 Å². The molecule has 0 aromatic carbocycles. The fourth-order valence-electron chi connectivity index (χ4n) is 1.97. The topological polar surface area (TPSA) is 0 Å². The van der Waals surface area contributed by atoms with Crippen LogP contribution in [0.1, 0.15) is 93.9 Å². The molecule has 0 aromatic rings. The Morgan fingerprint density at radius 1 is 0.588 bits per heavy atom. The molecule has 0 radical (unpaired) electrons. The van der Waals surface area contributed by atoms with Gasteiger partial charge in [-0.2, -0.15) is 0 Å². The lowest BCUT2D eigenvalue weighted by atomic mass is 9.71. The van der Waals surface area contributed by atoms with Gasteiger partial charge in [0.25, 0.3) is 0 Å². The van der Waals surface area contributed by atoms with Crippen molar-refractivity contribution in [3.8, 4) is 0 Å². The fraction of sp³-hybridized carbons (Fsp3) is 1.00. The molecule has 0 heterocycles. The van der Waals surface area contributed by atoms with E-state index in [2.05, 4.69) is 55.4 Å². The van der Waals surface area contributed by atoms with Gasteiger partial charge in [-0.15, -0.1) is 0 Å². The van der Waals surface area contributed by atoms with E-state index < -0.39 is 0 Å². The molecular weight excluding hydrogens is 204 g/mol. The normalized spacial score (nSPS) is 16.9. The maximum Gasteiger partial charge on any atom is -0.0328 e. The second kappa shape index (κ2) is 6.25. The van der Waals surface area contributed by atoms with Gasteiger partial charge in [0.05, 0.1) is 0 Å². The van der Waals surface area contributed by atoms with Crippen LogP contribution in [0.15, 0.2) is 0 Å². The summed E-state index contributed by atoms with van der Waals surface area (Å²) in [7, 11) is 0. The predicted molar refractivity (Wildman–Crippen MR) is 80.4 cm³/mol. The first-order valence-electron chi connectivity index (χ1n) is 7.54. The van der Waals surface area contributed by atoms with Crippen LogP contribution in [0.4, 0.5) is 0 Å². The summed E-state index contributed by atoms with van der Waals surface area (Å²) in [4.78, 5) is 0. The predicted octanol–water partition coefficient (Wildman–Crippen LogP) is 6.45. The van der Waals surface area contributed by atoms with Gasteiger partial charge in [0.1, 0.15) is 0 Å². The van der Waals surface area contributed by atoms with Gasteiger partial charge in [0.2, 0.25) is 0 Å².